The molecule has 4 N–H and O–H groups in total. The molecule has 0 aromatic carbocycles. The van der Waals surface area contributed by atoms with Crippen LogP contribution in [-0.2, 0) is 0 Å². The maximum Gasteiger partial charge on any atom is 0.274 e. The quantitative estimate of drug-likeness (QED) is 0.458. The van der Waals surface area contributed by atoms with E-state index in [1.165, 1.54) is 15.3 Å². The summed E-state index contributed by atoms with van der Waals surface area (Å²) in [5, 5.41) is 22.9. The summed E-state index contributed by atoms with van der Waals surface area (Å²) in [7, 11) is 1.71. The van der Waals surface area contributed by atoms with Gasteiger partial charge in [0.1, 0.15) is 29.1 Å². The Labute approximate surface area is 182 Å². The summed E-state index contributed by atoms with van der Waals surface area (Å²) in [5.74, 6) is 0.584. The van der Waals surface area contributed by atoms with Crippen LogP contribution in [0.1, 0.15) is 42.1 Å². The highest BCUT2D eigenvalue weighted by Gasteiger charge is 2.39. The number of aromatic nitrogens is 4. The summed E-state index contributed by atoms with van der Waals surface area (Å²) >= 11 is 0. The van der Waals surface area contributed by atoms with Gasteiger partial charge in [-0.05, 0) is 31.4 Å². The van der Waals surface area contributed by atoms with Gasteiger partial charge in [-0.15, -0.1) is 0 Å². The number of fused-ring (bicyclic) bond motifs is 1. The van der Waals surface area contributed by atoms with Crippen LogP contribution in [0.25, 0.3) is 5.65 Å². The van der Waals surface area contributed by atoms with Gasteiger partial charge in [0, 0.05) is 31.8 Å². The fourth-order valence-corrected chi connectivity index (χ4v) is 4.16. The van der Waals surface area contributed by atoms with Crippen molar-refractivity contribution in [2.75, 3.05) is 17.7 Å². The van der Waals surface area contributed by atoms with Crippen LogP contribution in [0.5, 0.6) is 0 Å². The van der Waals surface area contributed by atoms with Crippen molar-refractivity contribution in [1.29, 1.82) is 0 Å². The second kappa shape index (κ2) is 7.90. The van der Waals surface area contributed by atoms with Gasteiger partial charge in [-0.1, -0.05) is 0 Å². The monoisotopic (exact) mass is 441 g/mol. The summed E-state index contributed by atoms with van der Waals surface area (Å²) in [4.78, 5) is 30.1. The second-order valence-corrected chi connectivity index (χ2v) is 8.29. The van der Waals surface area contributed by atoms with Crippen LogP contribution in [-0.4, -0.2) is 55.5 Å². The average Bonchev–Trinajstić information content (AvgIpc) is 3.14. The second-order valence-electron chi connectivity index (χ2n) is 8.29. The van der Waals surface area contributed by atoms with Crippen molar-refractivity contribution in [2.45, 2.75) is 50.0 Å². The maximum atomic E-state index is 13.5. The van der Waals surface area contributed by atoms with Gasteiger partial charge in [0.25, 0.3) is 11.5 Å². The van der Waals surface area contributed by atoms with Crippen LogP contribution in [0, 0.1) is 0 Å². The lowest BCUT2D eigenvalue weighted by atomic mass is 10.2. The number of alkyl halides is 1. The van der Waals surface area contributed by atoms with E-state index in [0.29, 0.717) is 36.5 Å². The smallest absolute Gasteiger partial charge is 0.274 e. The summed E-state index contributed by atoms with van der Waals surface area (Å²) in [6, 6.07) is 4.43. The van der Waals surface area contributed by atoms with Crippen molar-refractivity contribution >= 4 is 28.9 Å². The molecule has 4 atom stereocenters. The molecule has 2 aliphatic rings. The predicted octanol–water partition coefficient (Wildman–Crippen LogP) is 1.60. The van der Waals surface area contributed by atoms with Crippen LogP contribution in [0.3, 0.4) is 0 Å². The zero-order valence-electron chi connectivity index (χ0n) is 17.5. The van der Waals surface area contributed by atoms with Gasteiger partial charge >= 0.3 is 0 Å². The Morgan fingerprint density at radius 2 is 2.12 bits per heavy atom. The number of hydrogen-bond donors (Lipinski definition) is 4. The van der Waals surface area contributed by atoms with Gasteiger partial charge in [-0.2, -0.15) is 9.61 Å². The molecule has 5 rings (SSSR count). The molecular weight excluding hydrogens is 417 g/mol. The lowest BCUT2D eigenvalue weighted by Gasteiger charge is -2.13. The number of hydrogen-bond acceptors (Lipinski definition) is 7. The molecule has 3 aromatic rings. The van der Waals surface area contributed by atoms with E-state index in [1.807, 2.05) is 0 Å². The normalized spacial score (nSPS) is 24.5. The van der Waals surface area contributed by atoms with Crippen LogP contribution in [0.2, 0.25) is 0 Å². The number of aliphatic hydroxyl groups is 1. The Bertz CT molecular complexity index is 1240. The first kappa shape index (κ1) is 20.4. The van der Waals surface area contributed by atoms with E-state index >= 15 is 0 Å². The molecule has 3 heterocycles. The van der Waals surface area contributed by atoms with Crippen LogP contribution >= 0.6 is 0 Å². The largest absolute Gasteiger partial charge is 0.393 e. The molecule has 0 bridgehead atoms. The molecule has 11 heteroatoms. The molecule has 3 aromatic heterocycles. The maximum absolute atomic E-state index is 13.5. The zero-order chi connectivity index (χ0) is 22.4. The van der Waals surface area contributed by atoms with E-state index in [2.05, 4.69) is 26.0 Å². The van der Waals surface area contributed by atoms with E-state index in [1.54, 1.807) is 31.4 Å². The number of nitrogens with zero attached hydrogens (tertiary/aromatic N) is 4. The molecule has 2 fully saturated rings. The highest BCUT2D eigenvalue weighted by atomic mass is 19.1. The van der Waals surface area contributed by atoms with Gasteiger partial charge in [0.15, 0.2) is 5.65 Å². The molecule has 168 valence electrons. The minimum Gasteiger partial charge on any atom is -0.393 e. The van der Waals surface area contributed by atoms with Crippen molar-refractivity contribution in [2.24, 2.45) is 0 Å². The molecule has 0 radical (unpaired) electrons. The number of aliphatic hydroxyl groups excluding tert-OH is 1. The lowest BCUT2D eigenvalue weighted by molar-refractivity contribution is 0.0935. The molecule has 1 unspecified atom stereocenters. The third kappa shape index (κ3) is 3.68. The van der Waals surface area contributed by atoms with Crippen molar-refractivity contribution in [3.8, 4) is 0 Å². The zero-order valence-corrected chi connectivity index (χ0v) is 17.5. The molecular formula is C21H24FN7O3. The summed E-state index contributed by atoms with van der Waals surface area (Å²) in [5.41, 5.74) is 0.528. The number of rotatable bonds is 6. The molecule has 2 aliphatic carbocycles. The first-order valence-electron chi connectivity index (χ1n) is 10.6. The molecule has 0 saturated heterocycles. The van der Waals surface area contributed by atoms with Crippen molar-refractivity contribution < 1.29 is 14.3 Å². The SMILES string of the molecule is CNc1cc(Nc2cccn([C@H]3C[C@@H]3F)c2=O)nc2c(C(=O)NC3CC[C@@H](O)C3)cnn12. The Hall–Kier alpha value is -3.47. The minimum atomic E-state index is -0.998. The number of halogens is 1. The average molecular weight is 441 g/mol. The van der Waals surface area contributed by atoms with Gasteiger partial charge in [-0.3, -0.25) is 9.59 Å². The summed E-state index contributed by atoms with van der Waals surface area (Å²) < 4.78 is 16.4. The molecule has 10 nitrogen and oxygen atoms in total. The van der Waals surface area contributed by atoms with Crippen molar-refractivity contribution in [3.05, 3.63) is 46.5 Å². The number of nitrogens with one attached hydrogen (secondary N) is 3. The molecule has 0 aliphatic heterocycles. The highest BCUT2D eigenvalue weighted by Crippen LogP contribution is 2.37. The van der Waals surface area contributed by atoms with Crippen LogP contribution in [0.15, 0.2) is 35.4 Å². The van der Waals surface area contributed by atoms with Crippen molar-refractivity contribution in [3.63, 3.8) is 0 Å². The Balaban J connectivity index is 1.46. The predicted molar refractivity (Wildman–Crippen MR) is 116 cm³/mol. The van der Waals surface area contributed by atoms with Gasteiger partial charge in [0.05, 0.1) is 18.3 Å². The third-order valence-electron chi connectivity index (χ3n) is 5.99. The number of amides is 1. The number of carbonyl (C=O) groups is 1. The number of pyridine rings is 1. The van der Waals surface area contributed by atoms with Gasteiger partial charge in [0.2, 0.25) is 0 Å². The van der Waals surface area contributed by atoms with E-state index in [0.717, 1.165) is 6.42 Å². The van der Waals surface area contributed by atoms with E-state index in [9.17, 15) is 19.1 Å². The standard InChI is InChI=1S/C21H24FN7O3/c1-23-18-9-17(26-15-3-2-6-28(21(15)32)16-8-14(16)22)27-19-13(10-24-29(18)19)20(31)25-11-4-5-12(30)7-11/h2-3,6,9-12,14,16,23,30H,4-5,7-8H2,1H3,(H,25,31)(H,26,27)/t11?,12-,14+,16+/m1/s1. The van der Waals surface area contributed by atoms with E-state index in [-0.39, 0.29) is 28.8 Å². The molecule has 32 heavy (non-hydrogen) atoms. The lowest BCUT2D eigenvalue weighted by Crippen LogP contribution is -2.33. The molecule has 1 amide bonds. The Kier molecular flexibility index (Phi) is 5.04. The number of carbonyl (C=O) groups excluding carboxylic acids is 1. The number of anilines is 3. The fourth-order valence-electron chi connectivity index (χ4n) is 4.16. The van der Waals surface area contributed by atoms with Crippen LogP contribution < -0.4 is 21.5 Å². The molecule has 2 saturated carbocycles. The van der Waals surface area contributed by atoms with Gasteiger partial charge in [-0.25, -0.2) is 9.37 Å². The Morgan fingerprint density at radius 1 is 1.31 bits per heavy atom. The topological polar surface area (TPSA) is 126 Å². The highest BCUT2D eigenvalue weighted by molar-refractivity contribution is 6.00. The van der Waals surface area contributed by atoms with Crippen LogP contribution in [0.4, 0.5) is 21.7 Å². The first-order valence-corrected chi connectivity index (χ1v) is 10.6. The molecule has 0 spiro atoms. The Morgan fingerprint density at radius 3 is 2.81 bits per heavy atom. The van der Waals surface area contributed by atoms with E-state index in [4.69, 9.17) is 0 Å². The minimum absolute atomic E-state index is 0.0953. The van der Waals surface area contributed by atoms with E-state index < -0.39 is 18.3 Å². The first-order chi connectivity index (χ1) is 15.4. The fraction of sp³-hybridized carbons (Fsp3) is 0.429. The van der Waals surface area contributed by atoms with Crippen molar-refractivity contribution in [1.82, 2.24) is 24.5 Å². The summed E-state index contributed by atoms with van der Waals surface area (Å²) in [6.45, 7) is 0. The van der Waals surface area contributed by atoms with Gasteiger partial charge < -0.3 is 25.6 Å². The third-order valence-corrected chi connectivity index (χ3v) is 5.99. The summed E-state index contributed by atoms with van der Waals surface area (Å²) in [6.07, 6.45) is 3.86.